The maximum Gasteiger partial charge on any atom is 0.322 e. The molecule has 4 rings (SSSR count). The summed E-state index contributed by atoms with van der Waals surface area (Å²) in [6, 6.07) is 3.12. The average molecular weight is 429 g/mol. The van der Waals surface area contributed by atoms with Crippen molar-refractivity contribution in [2.45, 2.75) is 26.8 Å². The first-order valence-electron chi connectivity index (χ1n) is 10.6. The quantitative estimate of drug-likeness (QED) is 0.580. The molecule has 3 heterocycles. The normalized spacial score (nSPS) is 15.1. The Bertz CT molecular complexity index is 1070. The van der Waals surface area contributed by atoms with E-state index in [2.05, 4.69) is 42.3 Å². The number of carbonyl (C=O) groups excluding carboxylic acids is 1. The number of imidazole rings is 1. The van der Waals surface area contributed by atoms with E-state index in [0.717, 1.165) is 26.2 Å². The van der Waals surface area contributed by atoms with Crippen LogP contribution in [0.1, 0.15) is 20.8 Å². The van der Waals surface area contributed by atoms with Gasteiger partial charge in [0.15, 0.2) is 5.82 Å². The smallest absolute Gasteiger partial charge is 0.322 e. The molecule has 0 spiro atoms. The molecule has 2 amide bonds. The van der Waals surface area contributed by atoms with Crippen LogP contribution in [-0.4, -0.2) is 81.8 Å². The van der Waals surface area contributed by atoms with Gasteiger partial charge in [0.1, 0.15) is 11.5 Å². The molecule has 9 nitrogen and oxygen atoms in total. The largest absolute Gasteiger partial charge is 0.367 e. The highest BCUT2D eigenvalue weighted by Crippen LogP contribution is 2.30. The molecule has 166 valence electrons. The first kappa shape index (κ1) is 21.1. The van der Waals surface area contributed by atoms with Crippen LogP contribution in [0.15, 0.2) is 18.3 Å². The number of nitrogens with one attached hydrogen (secondary N) is 3. The zero-order valence-electron chi connectivity index (χ0n) is 18.4. The van der Waals surface area contributed by atoms with Gasteiger partial charge in [-0.2, -0.15) is 5.10 Å². The van der Waals surface area contributed by atoms with Gasteiger partial charge in [0, 0.05) is 44.8 Å². The van der Waals surface area contributed by atoms with E-state index in [1.165, 1.54) is 6.07 Å². The van der Waals surface area contributed by atoms with Crippen molar-refractivity contribution >= 4 is 28.4 Å². The van der Waals surface area contributed by atoms with Gasteiger partial charge in [0.25, 0.3) is 0 Å². The fourth-order valence-corrected chi connectivity index (χ4v) is 3.92. The molecule has 1 aliphatic rings. The van der Waals surface area contributed by atoms with Crippen LogP contribution in [0.4, 0.5) is 20.6 Å². The summed E-state index contributed by atoms with van der Waals surface area (Å²) >= 11 is 0. The SMILES string of the molecule is CCN(C(=O)Nc1cn[nH]c1-c1nc2cc(N3CCN(C)CC3)c(F)cc2[nH]1)C(C)C. The Kier molecular flexibility index (Phi) is 5.81. The van der Waals surface area contributed by atoms with E-state index in [-0.39, 0.29) is 17.9 Å². The summed E-state index contributed by atoms with van der Waals surface area (Å²) in [6.45, 7) is 9.79. The molecule has 1 fully saturated rings. The molecular formula is C21H29FN8O. The van der Waals surface area contributed by atoms with Gasteiger partial charge in [-0.15, -0.1) is 0 Å². The van der Waals surface area contributed by atoms with Gasteiger partial charge in [-0.1, -0.05) is 0 Å². The van der Waals surface area contributed by atoms with Gasteiger partial charge in [0.2, 0.25) is 0 Å². The predicted octanol–water partition coefficient (Wildman–Crippen LogP) is 3.11. The van der Waals surface area contributed by atoms with E-state index in [1.807, 2.05) is 20.8 Å². The number of likely N-dealkylation sites (N-methyl/N-ethyl adjacent to an activating group) is 1. The van der Waals surface area contributed by atoms with E-state index >= 15 is 0 Å². The number of urea groups is 1. The van der Waals surface area contributed by atoms with Crippen molar-refractivity contribution in [2.24, 2.45) is 0 Å². The van der Waals surface area contributed by atoms with E-state index < -0.39 is 0 Å². The van der Waals surface area contributed by atoms with E-state index in [1.54, 1.807) is 17.2 Å². The molecule has 1 aromatic carbocycles. The van der Waals surface area contributed by atoms with Crippen LogP contribution in [0.25, 0.3) is 22.6 Å². The number of H-pyrrole nitrogens is 2. The number of amides is 2. The Hall–Kier alpha value is -3.14. The number of halogens is 1. The summed E-state index contributed by atoms with van der Waals surface area (Å²) in [6.07, 6.45) is 1.55. The minimum atomic E-state index is -0.277. The van der Waals surface area contributed by atoms with Crippen molar-refractivity contribution in [2.75, 3.05) is 50.0 Å². The zero-order chi connectivity index (χ0) is 22.1. The lowest BCUT2D eigenvalue weighted by Crippen LogP contribution is -2.44. The second-order valence-electron chi connectivity index (χ2n) is 8.17. The number of hydrogen-bond donors (Lipinski definition) is 3. The number of fused-ring (bicyclic) bond motifs is 1. The summed E-state index contributed by atoms with van der Waals surface area (Å²) in [4.78, 5) is 26.4. The number of benzene rings is 1. The molecule has 1 saturated heterocycles. The van der Waals surface area contributed by atoms with E-state index in [0.29, 0.717) is 40.5 Å². The standard InChI is InChI=1S/C21H29FN8O/c1-5-30(13(2)3)21(31)26-17-12-23-27-19(17)20-24-15-10-14(22)18(11-16(15)25-20)29-8-6-28(4)7-9-29/h10-13H,5-9H2,1-4H3,(H,23,27)(H,24,25)(H,26,31). The van der Waals surface area contributed by atoms with Gasteiger partial charge in [0.05, 0.1) is 28.6 Å². The number of carbonyl (C=O) groups is 1. The topological polar surface area (TPSA) is 96.2 Å². The number of hydrogen-bond acceptors (Lipinski definition) is 5. The molecule has 0 unspecified atom stereocenters. The van der Waals surface area contributed by atoms with Crippen LogP contribution in [0.5, 0.6) is 0 Å². The van der Waals surface area contributed by atoms with Crippen LogP contribution in [0.2, 0.25) is 0 Å². The molecule has 0 saturated carbocycles. The third-order valence-corrected chi connectivity index (χ3v) is 5.74. The molecule has 31 heavy (non-hydrogen) atoms. The van der Waals surface area contributed by atoms with Crippen molar-refractivity contribution in [1.82, 2.24) is 30.0 Å². The summed E-state index contributed by atoms with van der Waals surface area (Å²) < 4.78 is 14.8. The maximum absolute atomic E-state index is 14.8. The average Bonchev–Trinajstić information content (AvgIpc) is 3.34. The summed E-state index contributed by atoms with van der Waals surface area (Å²) in [5.74, 6) is 0.214. The van der Waals surface area contributed by atoms with Crippen molar-refractivity contribution in [3.05, 3.63) is 24.1 Å². The highest BCUT2D eigenvalue weighted by molar-refractivity contribution is 5.93. The van der Waals surface area contributed by atoms with Crippen LogP contribution >= 0.6 is 0 Å². The Morgan fingerprint density at radius 2 is 2.03 bits per heavy atom. The van der Waals surface area contributed by atoms with Crippen LogP contribution < -0.4 is 10.2 Å². The van der Waals surface area contributed by atoms with Crippen LogP contribution in [0, 0.1) is 5.82 Å². The second-order valence-corrected chi connectivity index (χ2v) is 8.17. The lowest BCUT2D eigenvalue weighted by Gasteiger charge is -2.34. The Morgan fingerprint density at radius 3 is 2.71 bits per heavy atom. The zero-order valence-corrected chi connectivity index (χ0v) is 18.4. The van der Waals surface area contributed by atoms with Gasteiger partial charge in [-0.05, 0) is 33.9 Å². The molecule has 0 atom stereocenters. The Balaban J connectivity index is 1.61. The first-order chi connectivity index (χ1) is 14.9. The number of piperazine rings is 1. The number of aromatic nitrogens is 4. The molecule has 2 aromatic heterocycles. The number of aromatic amines is 2. The summed E-state index contributed by atoms with van der Waals surface area (Å²) in [7, 11) is 2.07. The molecule has 3 aromatic rings. The second kappa shape index (κ2) is 8.54. The molecule has 0 radical (unpaired) electrons. The molecular weight excluding hydrogens is 399 g/mol. The monoisotopic (exact) mass is 428 g/mol. The van der Waals surface area contributed by atoms with Gasteiger partial charge < -0.3 is 25.0 Å². The molecule has 0 bridgehead atoms. The highest BCUT2D eigenvalue weighted by atomic mass is 19.1. The third-order valence-electron chi connectivity index (χ3n) is 5.74. The molecule has 10 heteroatoms. The minimum Gasteiger partial charge on any atom is -0.367 e. The van der Waals surface area contributed by atoms with E-state index in [4.69, 9.17) is 0 Å². The number of rotatable bonds is 5. The lowest BCUT2D eigenvalue weighted by atomic mass is 10.2. The van der Waals surface area contributed by atoms with Crippen LogP contribution in [0.3, 0.4) is 0 Å². The van der Waals surface area contributed by atoms with Crippen LogP contribution in [-0.2, 0) is 0 Å². The van der Waals surface area contributed by atoms with Crippen molar-refractivity contribution in [1.29, 1.82) is 0 Å². The molecule has 1 aliphatic heterocycles. The molecule has 0 aliphatic carbocycles. The van der Waals surface area contributed by atoms with Crippen molar-refractivity contribution in [3.63, 3.8) is 0 Å². The first-order valence-corrected chi connectivity index (χ1v) is 10.6. The highest BCUT2D eigenvalue weighted by Gasteiger charge is 2.21. The Labute approximate surface area is 180 Å². The fourth-order valence-electron chi connectivity index (χ4n) is 3.92. The minimum absolute atomic E-state index is 0.0718. The van der Waals surface area contributed by atoms with E-state index in [9.17, 15) is 9.18 Å². The Morgan fingerprint density at radius 1 is 1.29 bits per heavy atom. The lowest BCUT2D eigenvalue weighted by molar-refractivity contribution is 0.201. The third kappa shape index (κ3) is 4.20. The molecule has 3 N–H and O–H groups in total. The van der Waals surface area contributed by atoms with Gasteiger partial charge in [-0.3, -0.25) is 5.10 Å². The fraction of sp³-hybridized carbons (Fsp3) is 0.476. The van der Waals surface area contributed by atoms with Gasteiger partial charge in [-0.25, -0.2) is 14.2 Å². The predicted molar refractivity (Wildman–Crippen MR) is 120 cm³/mol. The summed E-state index contributed by atoms with van der Waals surface area (Å²) in [5, 5.41) is 9.84. The maximum atomic E-state index is 14.8. The van der Waals surface area contributed by atoms with Crippen molar-refractivity contribution < 1.29 is 9.18 Å². The van der Waals surface area contributed by atoms with Crippen molar-refractivity contribution in [3.8, 4) is 11.5 Å². The number of nitrogens with zero attached hydrogens (tertiary/aromatic N) is 5. The summed E-state index contributed by atoms with van der Waals surface area (Å²) in [5.41, 5.74) is 2.88. The van der Waals surface area contributed by atoms with Gasteiger partial charge >= 0.3 is 6.03 Å². The number of anilines is 2.